The molecule has 0 N–H and O–H groups in total. The van der Waals surface area contributed by atoms with Gasteiger partial charge in [-0.1, -0.05) is 12.1 Å². The molecule has 0 unspecified atom stereocenters. The highest BCUT2D eigenvalue weighted by Gasteiger charge is 2.44. The first-order valence-electron chi connectivity index (χ1n) is 6.86. The molecular formula is C17H18N2O. The molecule has 3 heteroatoms. The topological polar surface area (TPSA) is 36.3 Å². The first-order chi connectivity index (χ1) is 9.65. The average Bonchev–Trinajstić information content (AvgIpc) is 3.26. The number of benzene rings is 2. The molecule has 0 aliphatic heterocycles. The minimum atomic E-state index is -0.108. The molecule has 0 saturated heterocycles. The van der Waals surface area contributed by atoms with Crippen LogP contribution >= 0.6 is 0 Å². The Hall–Kier alpha value is -2.21. The van der Waals surface area contributed by atoms with Crippen LogP contribution in [0.15, 0.2) is 36.4 Å². The van der Waals surface area contributed by atoms with Gasteiger partial charge in [-0.05, 0) is 47.9 Å². The third kappa shape index (κ3) is 2.30. The average molecular weight is 266 g/mol. The normalized spacial score (nSPS) is 15.7. The lowest BCUT2D eigenvalue weighted by Gasteiger charge is -2.22. The highest BCUT2D eigenvalue weighted by atomic mass is 16.5. The van der Waals surface area contributed by atoms with Crippen molar-refractivity contribution in [1.82, 2.24) is 0 Å². The SMILES string of the molecule is COc1ccc2cc(N(C)CC3(C#N)CC3)ccc2c1. The summed E-state index contributed by atoms with van der Waals surface area (Å²) in [6.45, 7) is 0.811. The highest BCUT2D eigenvalue weighted by molar-refractivity contribution is 5.87. The van der Waals surface area contributed by atoms with E-state index in [0.29, 0.717) is 0 Å². The molecular weight excluding hydrogens is 248 g/mol. The van der Waals surface area contributed by atoms with Crippen LogP contribution in [0.5, 0.6) is 5.75 Å². The van der Waals surface area contributed by atoms with E-state index in [4.69, 9.17) is 4.74 Å². The summed E-state index contributed by atoms with van der Waals surface area (Å²) < 4.78 is 5.24. The molecule has 2 aromatic rings. The van der Waals surface area contributed by atoms with Crippen molar-refractivity contribution < 1.29 is 4.74 Å². The van der Waals surface area contributed by atoms with Crippen LogP contribution in [-0.4, -0.2) is 20.7 Å². The maximum Gasteiger partial charge on any atom is 0.119 e. The van der Waals surface area contributed by atoms with E-state index in [0.717, 1.165) is 30.8 Å². The fourth-order valence-electron chi connectivity index (χ4n) is 2.58. The summed E-state index contributed by atoms with van der Waals surface area (Å²) in [5.41, 5.74) is 1.05. The second kappa shape index (κ2) is 4.72. The van der Waals surface area contributed by atoms with Gasteiger partial charge in [-0.3, -0.25) is 0 Å². The third-order valence-corrected chi connectivity index (χ3v) is 4.10. The van der Waals surface area contributed by atoms with Crippen LogP contribution in [0.4, 0.5) is 5.69 Å². The van der Waals surface area contributed by atoms with Gasteiger partial charge in [0.15, 0.2) is 0 Å². The Labute approximate surface area is 119 Å². The van der Waals surface area contributed by atoms with Crippen LogP contribution in [-0.2, 0) is 0 Å². The molecule has 1 saturated carbocycles. The summed E-state index contributed by atoms with van der Waals surface area (Å²) in [5, 5.41) is 11.6. The number of nitrogens with zero attached hydrogens (tertiary/aromatic N) is 2. The summed E-state index contributed by atoms with van der Waals surface area (Å²) in [6.07, 6.45) is 2.05. The van der Waals surface area contributed by atoms with Crippen LogP contribution < -0.4 is 9.64 Å². The zero-order chi connectivity index (χ0) is 14.2. The van der Waals surface area contributed by atoms with Crippen LogP contribution in [0.2, 0.25) is 0 Å². The summed E-state index contributed by atoms with van der Waals surface area (Å²) in [5.74, 6) is 0.875. The van der Waals surface area contributed by atoms with Gasteiger partial charge in [0.25, 0.3) is 0 Å². The van der Waals surface area contributed by atoms with Crippen LogP contribution in [0.3, 0.4) is 0 Å². The smallest absolute Gasteiger partial charge is 0.119 e. The monoisotopic (exact) mass is 266 g/mol. The van der Waals surface area contributed by atoms with Gasteiger partial charge in [0.2, 0.25) is 0 Å². The Bertz CT molecular complexity index is 683. The number of anilines is 1. The molecule has 0 bridgehead atoms. The molecule has 0 heterocycles. The summed E-state index contributed by atoms with van der Waals surface area (Å²) in [4.78, 5) is 2.18. The van der Waals surface area contributed by atoms with Crippen LogP contribution in [0.25, 0.3) is 10.8 Å². The van der Waals surface area contributed by atoms with Crippen molar-refractivity contribution >= 4 is 16.5 Å². The number of ether oxygens (including phenoxy) is 1. The Morgan fingerprint density at radius 1 is 1.20 bits per heavy atom. The lowest BCUT2D eigenvalue weighted by atomic mass is 10.1. The van der Waals surface area contributed by atoms with E-state index in [2.05, 4.69) is 42.3 Å². The van der Waals surface area contributed by atoms with Gasteiger partial charge in [0.1, 0.15) is 5.75 Å². The predicted octanol–water partition coefficient (Wildman–Crippen LogP) is 3.59. The summed E-state index contributed by atoms with van der Waals surface area (Å²) in [7, 11) is 3.74. The van der Waals surface area contributed by atoms with Crippen molar-refractivity contribution in [3.63, 3.8) is 0 Å². The van der Waals surface area contributed by atoms with Gasteiger partial charge in [-0.15, -0.1) is 0 Å². The van der Waals surface area contributed by atoms with Crippen molar-refractivity contribution in [2.75, 3.05) is 25.6 Å². The maximum atomic E-state index is 9.19. The Morgan fingerprint density at radius 2 is 1.90 bits per heavy atom. The molecule has 1 aliphatic carbocycles. The van der Waals surface area contributed by atoms with Crippen molar-refractivity contribution in [3.05, 3.63) is 36.4 Å². The zero-order valence-corrected chi connectivity index (χ0v) is 11.9. The minimum absolute atomic E-state index is 0.108. The molecule has 1 fully saturated rings. The fraction of sp³-hybridized carbons (Fsp3) is 0.353. The van der Waals surface area contributed by atoms with Crippen LogP contribution in [0.1, 0.15) is 12.8 Å². The van der Waals surface area contributed by atoms with E-state index in [1.807, 2.05) is 12.1 Å². The molecule has 3 nitrogen and oxygen atoms in total. The fourth-order valence-corrected chi connectivity index (χ4v) is 2.58. The summed E-state index contributed by atoms with van der Waals surface area (Å²) >= 11 is 0. The Balaban J connectivity index is 1.87. The molecule has 0 atom stereocenters. The van der Waals surface area contributed by atoms with E-state index in [9.17, 15) is 5.26 Å². The van der Waals surface area contributed by atoms with Gasteiger partial charge in [-0.25, -0.2) is 0 Å². The number of hydrogen-bond acceptors (Lipinski definition) is 3. The van der Waals surface area contributed by atoms with Crippen LogP contribution in [0, 0.1) is 16.7 Å². The Kier molecular flexibility index (Phi) is 3.02. The first kappa shape index (κ1) is 12.8. The van der Waals surface area contributed by atoms with E-state index < -0.39 is 0 Å². The van der Waals surface area contributed by atoms with Crippen molar-refractivity contribution in [1.29, 1.82) is 5.26 Å². The predicted molar refractivity (Wildman–Crippen MR) is 81.1 cm³/mol. The van der Waals surface area contributed by atoms with Crippen molar-refractivity contribution in [2.24, 2.45) is 5.41 Å². The quantitative estimate of drug-likeness (QED) is 0.848. The lowest BCUT2D eigenvalue weighted by Crippen LogP contribution is -2.25. The molecule has 0 amide bonds. The van der Waals surface area contributed by atoms with Crippen molar-refractivity contribution in [2.45, 2.75) is 12.8 Å². The van der Waals surface area contributed by atoms with Gasteiger partial charge >= 0.3 is 0 Å². The number of fused-ring (bicyclic) bond motifs is 1. The molecule has 102 valence electrons. The number of methoxy groups -OCH3 is 1. The molecule has 1 aliphatic rings. The maximum absolute atomic E-state index is 9.19. The minimum Gasteiger partial charge on any atom is -0.497 e. The van der Waals surface area contributed by atoms with E-state index in [1.165, 1.54) is 10.8 Å². The first-order valence-corrected chi connectivity index (χ1v) is 6.86. The molecule has 0 aromatic heterocycles. The molecule has 2 aromatic carbocycles. The number of rotatable bonds is 4. The molecule has 20 heavy (non-hydrogen) atoms. The highest BCUT2D eigenvalue weighted by Crippen LogP contribution is 2.45. The lowest BCUT2D eigenvalue weighted by molar-refractivity contribution is 0.415. The van der Waals surface area contributed by atoms with E-state index >= 15 is 0 Å². The standard InChI is InChI=1S/C17H18N2O/c1-19(12-17(11-18)7-8-17)15-5-3-14-10-16(20-2)6-4-13(14)9-15/h3-6,9-10H,7-8,12H2,1-2H3. The van der Waals surface area contributed by atoms with Gasteiger partial charge in [-0.2, -0.15) is 5.26 Å². The second-order valence-corrected chi connectivity index (χ2v) is 5.65. The third-order valence-electron chi connectivity index (χ3n) is 4.10. The van der Waals surface area contributed by atoms with Crippen molar-refractivity contribution in [3.8, 4) is 11.8 Å². The Morgan fingerprint density at radius 3 is 2.55 bits per heavy atom. The zero-order valence-electron chi connectivity index (χ0n) is 11.9. The number of nitriles is 1. The molecule has 0 spiro atoms. The second-order valence-electron chi connectivity index (χ2n) is 5.65. The largest absolute Gasteiger partial charge is 0.497 e. The van der Waals surface area contributed by atoms with Gasteiger partial charge in [0.05, 0.1) is 18.6 Å². The van der Waals surface area contributed by atoms with E-state index in [-0.39, 0.29) is 5.41 Å². The molecule has 3 rings (SSSR count). The van der Waals surface area contributed by atoms with E-state index in [1.54, 1.807) is 7.11 Å². The molecule has 0 radical (unpaired) electrons. The number of hydrogen-bond donors (Lipinski definition) is 0. The van der Waals surface area contributed by atoms with Gasteiger partial charge < -0.3 is 9.64 Å². The van der Waals surface area contributed by atoms with Gasteiger partial charge in [0, 0.05) is 19.3 Å². The summed E-state index contributed by atoms with van der Waals surface area (Å²) in [6, 6.07) is 14.9.